The number of hydrogen-bond donors (Lipinski definition) is 0. The van der Waals surface area contributed by atoms with Crippen LogP contribution in [0.1, 0.15) is 53.4 Å². The molecule has 0 unspecified atom stereocenters. The second kappa shape index (κ2) is 9.44. The van der Waals surface area contributed by atoms with Crippen LogP contribution in [0.2, 0.25) is 0 Å². The molecule has 0 bridgehead atoms. The van der Waals surface area contributed by atoms with Crippen molar-refractivity contribution >= 4 is 51.0 Å². The zero-order chi connectivity index (χ0) is 25.6. The molecule has 0 saturated heterocycles. The SMILES string of the molecule is CC(C)(C)c1cc(I)c(C(=O)c2c(C(F)(F)F)cc(-c3ccccc3)cc2C(F)(F)F)c(I)c1. The van der Waals surface area contributed by atoms with E-state index in [0.717, 1.165) is 5.56 Å². The lowest BCUT2D eigenvalue weighted by Gasteiger charge is -2.23. The van der Waals surface area contributed by atoms with Crippen LogP contribution in [0.4, 0.5) is 26.3 Å². The maximum absolute atomic E-state index is 14.1. The highest BCUT2D eigenvalue weighted by Crippen LogP contribution is 2.44. The minimum atomic E-state index is -5.18. The lowest BCUT2D eigenvalue weighted by Crippen LogP contribution is -2.22. The average Bonchev–Trinajstić information content (AvgIpc) is 2.70. The molecule has 180 valence electrons. The monoisotopic (exact) mass is 702 g/mol. The molecule has 0 aliphatic heterocycles. The first kappa shape index (κ1) is 27.0. The largest absolute Gasteiger partial charge is 0.417 e. The fourth-order valence-electron chi connectivity index (χ4n) is 3.48. The van der Waals surface area contributed by atoms with Crippen LogP contribution < -0.4 is 0 Å². The van der Waals surface area contributed by atoms with Crippen molar-refractivity contribution in [3.05, 3.63) is 89.6 Å². The Morgan fingerprint density at radius 2 is 1.12 bits per heavy atom. The van der Waals surface area contributed by atoms with Crippen molar-refractivity contribution in [3.8, 4) is 11.1 Å². The van der Waals surface area contributed by atoms with Crippen LogP contribution in [0, 0.1) is 7.14 Å². The summed E-state index contributed by atoms with van der Waals surface area (Å²) >= 11 is 3.57. The van der Waals surface area contributed by atoms with Gasteiger partial charge in [0.1, 0.15) is 0 Å². The topological polar surface area (TPSA) is 17.1 Å². The van der Waals surface area contributed by atoms with Gasteiger partial charge >= 0.3 is 12.4 Å². The molecule has 34 heavy (non-hydrogen) atoms. The van der Waals surface area contributed by atoms with Crippen molar-refractivity contribution in [1.29, 1.82) is 0 Å². The Balaban J connectivity index is 2.37. The summed E-state index contributed by atoms with van der Waals surface area (Å²) in [5.41, 5.74) is -4.41. The van der Waals surface area contributed by atoms with E-state index in [9.17, 15) is 31.1 Å². The molecule has 0 saturated carbocycles. The van der Waals surface area contributed by atoms with Gasteiger partial charge in [-0.15, -0.1) is 0 Å². The highest BCUT2D eigenvalue weighted by molar-refractivity contribution is 14.1. The van der Waals surface area contributed by atoms with Crippen LogP contribution in [0.25, 0.3) is 11.1 Å². The van der Waals surface area contributed by atoms with E-state index in [1.54, 1.807) is 63.4 Å². The van der Waals surface area contributed by atoms with Crippen molar-refractivity contribution in [3.63, 3.8) is 0 Å². The highest BCUT2D eigenvalue weighted by atomic mass is 127. The Morgan fingerprint density at radius 1 is 0.676 bits per heavy atom. The summed E-state index contributed by atoms with van der Waals surface area (Å²) in [4.78, 5) is 13.4. The molecule has 0 heterocycles. The number of rotatable bonds is 3. The molecular formula is C25H18F6I2O. The predicted molar refractivity (Wildman–Crippen MR) is 136 cm³/mol. The van der Waals surface area contributed by atoms with Gasteiger partial charge < -0.3 is 0 Å². The van der Waals surface area contributed by atoms with Crippen LogP contribution in [-0.4, -0.2) is 5.78 Å². The smallest absolute Gasteiger partial charge is 0.288 e. The summed E-state index contributed by atoms with van der Waals surface area (Å²) < 4.78 is 85.1. The Kier molecular flexibility index (Phi) is 7.48. The second-order valence-electron chi connectivity index (χ2n) is 8.70. The Labute approximate surface area is 220 Å². The van der Waals surface area contributed by atoms with Gasteiger partial charge in [-0.05, 0) is 91.6 Å². The van der Waals surface area contributed by atoms with Crippen molar-refractivity contribution in [2.45, 2.75) is 38.5 Å². The molecule has 0 aliphatic carbocycles. The van der Waals surface area contributed by atoms with E-state index in [-0.39, 0.29) is 29.2 Å². The van der Waals surface area contributed by atoms with Crippen LogP contribution >= 0.6 is 45.2 Å². The molecule has 0 aromatic heterocycles. The molecule has 3 aromatic carbocycles. The third kappa shape index (κ3) is 5.60. The number of carbonyl (C=O) groups excluding carboxylic acids is 1. The first-order valence-electron chi connectivity index (χ1n) is 9.94. The van der Waals surface area contributed by atoms with Crippen LogP contribution in [-0.2, 0) is 17.8 Å². The van der Waals surface area contributed by atoms with Gasteiger partial charge in [0.15, 0.2) is 5.78 Å². The van der Waals surface area contributed by atoms with Crippen molar-refractivity contribution in [2.75, 3.05) is 0 Å². The quantitative estimate of drug-likeness (QED) is 0.151. The summed E-state index contributed by atoms with van der Waals surface area (Å²) in [6.07, 6.45) is -10.4. The van der Waals surface area contributed by atoms with E-state index in [1.165, 1.54) is 24.3 Å². The van der Waals surface area contributed by atoms with Crippen LogP contribution in [0.5, 0.6) is 0 Å². The minimum Gasteiger partial charge on any atom is -0.288 e. The van der Waals surface area contributed by atoms with Crippen LogP contribution in [0.3, 0.4) is 0 Å². The standard InChI is InChI=1S/C25H18F6I2O/c1-23(2,3)15-11-18(32)21(19(33)12-15)22(34)20-16(24(26,27)28)9-14(10-17(20)25(29,30)31)13-7-5-4-6-8-13/h4-12H,1-3H3. The van der Waals surface area contributed by atoms with Gasteiger partial charge in [0.25, 0.3) is 0 Å². The molecule has 0 atom stereocenters. The molecule has 0 fully saturated rings. The van der Waals surface area contributed by atoms with E-state index >= 15 is 0 Å². The normalized spacial score (nSPS) is 12.7. The predicted octanol–water partition coefficient (Wildman–Crippen LogP) is 9.13. The van der Waals surface area contributed by atoms with E-state index < -0.39 is 34.8 Å². The molecule has 0 aliphatic rings. The van der Waals surface area contributed by atoms with Crippen molar-refractivity contribution < 1.29 is 31.1 Å². The number of ketones is 1. The molecule has 0 N–H and O–H groups in total. The zero-order valence-corrected chi connectivity index (χ0v) is 22.4. The van der Waals surface area contributed by atoms with Gasteiger partial charge in [0.2, 0.25) is 0 Å². The molecular weight excluding hydrogens is 684 g/mol. The maximum atomic E-state index is 14.1. The summed E-state index contributed by atoms with van der Waals surface area (Å²) in [5.74, 6) is -1.31. The van der Waals surface area contributed by atoms with E-state index in [1.807, 2.05) is 20.8 Å². The van der Waals surface area contributed by atoms with Gasteiger partial charge in [0.05, 0.1) is 11.1 Å². The van der Waals surface area contributed by atoms with Crippen molar-refractivity contribution in [2.24, 2.45) is 0 Å². The molecule has 3 aromatic rings. The summed E-state index contributed by atoms with van der Waals surface area (Å²) in [6.45, 7) is 5.76. The number of alkyl halides is 6. The number of halogens is 8. The maximum Gasteiger partial charge on any atom is 0.417 e. The number of carbonyl (C=O) groups is 1. The first-order chi connectivity index (χ1) is 15.5. The molecule has 3 rings (SSSR count). The third-order valence-corrected chi connectivity index (χ3v) is 6.92. The van der Waals surface area contributed by atoms with Gasteiger partial charge in [-0.2, -0.15) is 26.3 Å². The average molecular weight is 702 g/mol. The van der Waals surface area contributed by atoms with Gasteiger partial charge in [-0.1, -0.05) is 51.1 Å². The summed E-state index contributed by atoms with van der Waals surface area (Å²) in [5, 5.41) is 0. The van der Waals surface area contributed by atoms with E-state index in [2.05, 4.69) is 0 Å². The molecule has 0 amide bonds. The van der Waals surface area contributed by atoms with Gasteiger partial charge in [-0.3, -0.25) is 4.79 Å². The van der Waals surface area contributed by atoms with Crippen LogP contribution in [0.15, 0.2) is 54.6 Å². The van der Waals surface area contributed by atoms with E-state index in [4.69, 9.17) is 0 Å². The molecule has 0 radical (unpaired) electrons. The first-order valence-corrected chi connectivity index (χ1v) is 12.1. The summed E-state index contributed by atoms with van der Waals surface area (Å²) in [6, 6.07) is 11.9. The molecule has 0 spiro atoms. The second-order valence-corrected chi connectivity index (χ2v) is 11.0. The van der Waals surface area contributed by atoms with Gasteiger partial charge in [-0.25, -0.2) is 0 Å². The number of hydrogen-bond acceptors (Lipinski definition) is 1. The zero-order valence-electron chi connectivity index (χ0n) is 18.1. The van der Waals surface area contributed by atoms with Gasteiger partial charge in [0, 0.05) is 18.3 Å². The fraction of sp³-hybridized carbons (Fsp3) is 0.240. The summed E-state index contributed by atoms with van der Waals surface area (Å²) in [7, 11) is 0. The lowest BCUT2D eigenvalue weighted by molar-refractivity contribution is -0.143. The van der Waals surface area contributed by atoms with Crippen molar-refractivity contribution in [1.82, 2.24) is 0 Å². The Morgan fingerprint density at radius 3 is 1.50 bits per heavy atom. The Hall–Kier alpha value is -1.63. The highest BCUT2D eigenvalue weighted by Gasteiger charge is 2.44. The lowest BCUT2D eigenvalue weighted by atomic mass is 9.85. The fourth-order valence-corrected chi connectivity index (χ4v) is 5.74. The Bertz CT molecular complexity index is 1180. The molecule has 9 heteroatoms. The molecule has 1 nitrogen and oxygen atoms in total. The van der Waals surface area contributed by atoms with E-state index in [0.29, 0.717) is 12.1 Å². The minimum absolute atomic E-state index is 0.177. The third-order valence-electron chi connectivity index (χ3n) is 5.22. The number of benzene rings is 3.